The zero-order valence-electron chi connectivity index (χ0n) is 67.4. The third kappa shape index (κ3) is 16.0. The molecule has 3 nitrogen and oxygen atoms in total. The molecule has 0 bridgehead atoms. The lowest BCUT2D eigenvalue weighted by atomic mass is 9.92. The maximum Gasteiger partial charge on any atom is 0.0546 e. The Hall–Kier alpha value is -13.7. The van der Waals surface area contributed by atoms with Crippen LogP contribution in [0.15, 0.2) is 421 Å². The van der Waals surface area contributed by atoms with E-state index in [4.69, 9.17) is 0 Å². The predicted octanol–water partition coefficient (Wildman–Crippen LogP) is 34.0. The third-order valence-electron chi connectivity index (χ3n) is 23.0. The van der Waals surface area contributed by atoms with Crippen molar-refractivity contribution >= 4 is 142 Å². The van der Waals surface area contributed by atoms with Crippen LogP contribution >= 0.6 is 31.9 Å². The third-order valence-corrected chi connectivity index (χ3v) is 24.3. The van der Waals surface area contributed by atoms with Gasteiger partial charge in [-0.3, -0.25) is 0 Å². The van der Waals surface area contributed by atoms with Crippen molar-refractivity contribution in [3.05, 3.63) is 455 Å². The first-order valence-corrected chi connectivity index (χ1v) is 42.3. The Labute approximate surface area is 714 Å². The van der Waals surface area contributed by atoms with E-state index in [-0.39, 0.29) is 0 Å². The van der Waals surface area contributed by atoms with Gasteiger partial charge in [-0.25, -0.2) is 0 Å². The van der Waals surface area contributed by atoms with Crippen LogP contribution in [0.4, 0.5) is 45.5 Å². The average molecular weight is 1660 g/mol. The van der Waals surface area contributed by atoms with Gasteiger partial charge >= 0.3 is 0 Å². The van der Waals surface area contributed by atoms with Gasteiger partial charge in [0, 0.05) is 53.8 Å². The van der Waals surface area contributed by atoms with E-state index in [1.807, 2.05) is 0 Å². The maximum absolute atomic E-state index is 3.71. The van der Waals surface area contributed by atoms with E-state index in [9.17, 15) is 0 Å². The molecule has 0 aliphatic carbocycles. The summed E-state index contributed by atoms with van der Waals surface area (Å²) in [5, 5.41) is 18.4. The van der Waals surface area contributed by atoms with Crippen molar-refractivity contribution in [2.24, 2.45) is 0 Å². The van der Waals surface area contributed by atoms with Crippen LogP contribution in [0, 0.1) is 41.5 Å². The summed E-state index contributed by atoms with van der Waals surface area (Å²) in [4.78, 5) is 4.95. The zero-order chi connectivity index (χ0) is 81.0. The minimum absolute atomic E-state index is 1.10. The minimum atomic E-state index is 1.10. The average Bonchev–Trinajstić information content (AvgIpc) is 0.723. The molecule has 0 aliphatic rings. The zero-order valence-corrected chi connectivity index (χ0v) is 70.6. The summed E-state index contributed by atoms with van der Waals surface area (Å²) in [5.74, 6) is 0. The molecule has 1 N–H and O–H groups in total. The highest BCUT2D eigenvalue weighted by Gasteiger charge is 2.25. The fraction of sp³-hybridized carbons (Fsp3) is 0.0526. The van der Waals surface area contributed by atoms with E-state index in [1.165, 1.54) is 165 Å². The van der Waals surface area contributed by atoms with Gasteiger partial charge in [-0.2, -0.15) is 0 Å². The van der Waals surface area contributed by atoms with E-state index in [0.717, 1.165) is 54.4 Å². The van der Waals surface area contributed by atoms with Crippen LogP contribution in [0.1, 0.15) is 33.4 Å². The molecule has 0 fully saturated rings. The van der Waals surface area contributed by atoms with Crippen LogP contribution in [0.25, 0.3) is 131 Å². The Morgan fingerprint density at radius 3 is 0.790 bits per heavy atom. The molecule has 0 heterocycles. The number of rotatable bonds is 14. The van der Waals surface area contributed by atoms with Gasteiger partial charge < -0.3 is 15.1 Å². The monoisotopic (exact) mass is 1660 g/mol. The second-order valence-electron chi connectivity index (χ2n) is 31.1. The molecule has 20 aromatic carbocycles. The van der Waals surface area contributed by atoms with E-state index in [0.29, 0.717) is 0 Å². The highest BCUT2D eigenvalue weighted by atomic mass is 79.9. The molecule has 0 atom stereocenters. The van der Waals surface area contributed by atoms with Crippen LogP contribution < -0.4 is 15.1 Å². The van der Waals surface area contributed by atoms with Crippen molar-refractivity contribution in [1.82, 2.24) is 0 Å². The number of hydrogen-bond donors (Lipinski definition) is 1. The summed E-state index contributed by atoms with van der Waals surface area (Å²) in [6, 6.07) is 150. The number of benzene rings is 20. The Balaban J connectivity index is 0.000000166. The second-order valence-corrected chi connectivity index (χ2v) is 32.8. The molecular formula is C114H87Br2N3. The Kier molecular flexibility index (Phi) is 21.8. The molecule has 572 valence electrons. The second kappa shape index (κ2) is 33.9. The summed E-state index contributed by atoms with van der Waals surface area (Å²) >= 11 is 7.42. The van der Waals surface area contributed by atoms with Crippen molar-refractivity contribution in [3.8, 4) is 66.8 Å². The molecule has 20 rings (SSSR count). The van der Waals surface area contributed by atoms with Gasteiger partial charge in [-0.05, 0) is 276 Å². The van der Waals surface area contributed by atoms with Gasteiger partial charge in [0.1, 0.15) is 0 Å². The molecule has 0 amide bonds. The first kappa shape index (κ1) is 76.6. The number of fused-ring (bicyclic) bond motifs is 10. The number of halogens is 2. The van der Waals surface area contributed by atoms with Crippen molar-refractivity contribution in [3.63, 3.8) is 0 Å². The maximum atomic E-state index is 3.71. The molecule has 0 aliphatic heterocycles. The largest absolute Gasteiger partial charge is 0.355 e. The topological polar surface area (TPSA) is 18.5 Å². The number of aryl methyl sites for hydroxylation is 6. The van der Waals surface area contributed by atoms with Gasteiger partial charge in [0.2, 0.25) is 0 Å². The fourth-order valence-corrected chi connectivity index (χ4v) is 18.2. The first-order chi connectivity index (χ1) is 58.3. The quantitative estimate of drug-likeness (QED) is 0.110. The normalized spacial score (nSPS) is 11.2. The van der Waals surface area contributed by atoms with Crippen molar-refractivity contribution in [1.29, 1.82) is 0 Å². The molecular weight excluding hydrogens is 1570 g/mol. The molecule has 119 heavy (non-hydrogen) atoms. The minimum Gasteiger partial charge on any atom is -0.355 e. The molecule has 0 saturated heterocycles. The fourth-order valence-electron chi connectivity index (χ4n) is 17.1. The number of anilines is 8. The molecule has 0 unspecified atom stereocenters. The lowest BCUT2D eigenvalue weighted by Gasteiger charge is -2.31. The summed E-state index contributed by atoms with van der Waals surface area (Å²) in [5.41, 5.74) is 31.1. The van der Waals surface area contributed by atoms with Crippen molar-refractivity contribution < 1.29 is 0 Å². The lowest BCUT2D eigenvalue weighted by Crippen LogP contribution is -2.13. The van der Waals surface area contributed by atoms with Crippen LogP contribution in [0.2, 0.25) is 0 Å². The molecule has 0 saturated carbocycles. The van der Waals surface area contributed by atoms with Crippen LogP contribution in [0.5, 0.6) is 0 Å². The van der Waals surface area contributed by atoms with Crippen LogP contribution in [0.3, 0.4) is 0 Å². The van der Waals surface area contributed by atoms with E-state index >= 15 is 0 Å². The number of hydrogen-bond acceptors (Lipinski definition) is 3. The standard InChI is InChI=1S/C70H54N2.C26H23N.C18H10Br2/c1-47-29-39-67(49(3)41-47)71(59-35-31-53(32-36-59)57-23-15-21-55(43-57)51-17-7-5-8-18-51)69-45-65-62-26-12-14-28-64(62)70(46-66(65)61-25-11-13-27-63(61)69)72(68-40-30-48(2)42-50(68)4)60-37-33-54(34-38-60)58-24-16-22-56(44-58)52-19-9-6-10-20-52;1-19-11-16-26(20(2)17-19)27-25-14-12-22(13-15-25)24-10-6-9-23(18-24)21-7-4-3-5-8-21;19-17-10-16-12-6-2-4-8-14(12)18(20)9-15(16)11-5-1-3-7-13(11)17/h5-46H,1-4H3;3-18,27H,1-2H3;1-10H. The highest BCUT2D eigenvalue weighted by molar-refractivity contribution is 9.11. The van der Waals surface area contributed by atoms with Gasteiger partial charge in [0.05, 0.1) is 11.4 Å². The van der Waals surface area contributed by atoms with Crippen molar-refractivity contribution in [2.75, 3.05) is 15.1 Å². The molecule has 0 spiro atoms. The summed E-state index contributed by atoms with van der Waals surface area (Å²) in [6.07, 6.45) is 0. The van der Waals surface area contributed by atoms with Gasteiger partial charge in [-0.15, -0.1) is 0 Å². The summed E-state index contributed by atoms with van der Waals surface area (Å²) in [6.45, 7) is 13.1. The van der Waals surface area contributed by atoms with Crippen LogP contribution in [-0.2, 0) is 0 Å². The Morgan fingerprint density at radius 1 is 0.185 bits per heavy atom. The van der Waals surface area contributed by atoms with Gasteiger partial charge in [0.25, 0.3) is 0 Å². The number of nitrogens with zero attached hydrogens (tertiary/aromatic N) is 2. The molecule has 20 aromatic rings. The SMILES string of the molecule is Brc1cc2c3ccccc3c(Br)cc2c2ccccc12.Cc1ccc(N(c2ccc(-c3cccc(-c4ccccc4)c3)cc2)c2cc3c4ccccc4c(N(c4ccc(-c5cccc(-c6ccccc6)c5)cc4)c4ccc(C)cc4C)cc3c3ccccc23)c(C)c1.Cc1ccc(Nc2ccc(-c3cccc(-c4ccccc4)c3)cc2)c(C)c1. The van der Waals surface area contributed by atoms with Crippen LogP contribution in [-0.4, -0.2) is 0 Å². The summed E-state index contributed by atoms with van der Waals surface area (Å²) in [7, 11) is 0. The highest BCUT2D eigenvalue weighted by Crippen LogP contribution is 2.50. The predicted molar refractivity (Wildman–Crippen MR) is 520 cm³/mol. The van der Waals surface area contributed by atoms with E-state index in [2.05, 4.69) is 501 Å². The Morgan fingerprint density at radius 2 is 0.454 bits per heavy atom. The smallest absolute Gasteiger partial charge is 0.0546 e. The molecule has 5 heteroatoms. The Bertz CT molecular complexity index is 6800. The van der Waals surface area contributed by atoms with E-state index < -0.39 is 0 Å². The van der Waals surface area contributed by atoms with Crippen molar-refractivity contribution in [2.45, 2.75) is 41.5 Å². The molecule has 0 radical (unpaired) electrons. The number of nitrogens with one attached hydrogen (secondary N) is 1. The molecule has 0 aromatic heterocycles. The lowest BCUT2D eigenvalue weighted by molar-refractivity contribution is 1.25. The van der Waals surface area contributed by atoms with E-state index in [1.54, 1.807) is 0 Å². The summed E-state index contributed by atoms with van der Waals surface area (Å²) < 4.78 is 2.29. The van der Waals surface area contributed by atoms with Gasteiger partial charge in [0.15, 0.2) is 0 Å². The van der Waals surface area contributed by atoms with Gasteiger partial charge in [-0.1, -0.05) is 364 Å². The first-order valence-electron chi connectivity index (χ1n) is 40.7.